The smallest absolute Gasteiger partial charge is 0.262 e. The molecule has 0 spiro atoms. The summed E-state index contributed by atoms with van der Waals surface area (Å²) in [5.41, 5.74) is 6.44. The normalized spacial score (nSPS) is 18.9. The van der Waals surface area contributed by atoms with Crippen molar-refractivity contribution in [2.75, 3.05) is 0 Å². The molecular formula is C20H27NO2S. The topological polar surface area (TPSA) is 46.2 Å². The SMILES string of the molecule is CC1=CC(C)C(C)=C(NS(=O)(=O)c2c(C)cc(C)cc2C)C(C)=C1. The number of aryl methyl sites for hydroxylation is 3. The molecule has 0 aliphatic heterocycles. The third-order valence-electron chi connectivity index (χ3n) is 4.54. The van der Waals surface area contributed by atoms with Gasteiger partial charge in [-0.1, -0.05) is 42.3 Å². The number of hydrogen-bond donors (Lipinski definition) is 1. The van der Waals surface area contributed by atoms with E-state index in [1.54, 1.807) is 0 Å². The Morgan fingerprint density at radius 3 is 2.04 bits per heavy atom. The van der Waals surface area contributed by atoms with Crippen molar-refractivity contribution in [3.63, 3.8) is 0 Å². The molecule has 0 radical (unpaired) electrons. The van der Waals surface area contributed by atoms with Crippen molar-refractivity contribution in [3.8, 4) is 0 Å². The molecule has 4 heteroatoms. The monoisotopic (exact) mass is 345 g/mol. The van der Waals surface area contributed by atoms with E-state index in [-0.39, 0.29) is 5.92 Å². The zero-order valence-electron chi connectivity index (χ0n) is 15.6. The minimum atomic E-state index is -3.63. The fraction of sp³-hybridized carbons (Fsp3) is 0.400. The van der Waals surface area contributed by atoms with Crippen LogP contribution in [0.15, 0.2) is 51.6 Å². The Labute approximate surface area is 146 Å². The molecule has 1 aromatic carbocycles. The second-order valence-corrected chi connectivity index (χ2v) is 8.54. The zero-order chi connectivity index (χ0) is 18.2. The zero-order valence-corrected chi connectivity index (χ0v) is 16.4. The van der Waals surface area contributed by atoms with Crippen molar-refractivity contribution in [2.24, 2.45) is 5.92 Å². The third-order valence-corrected chi connectivity index (χ3v) is 6.19. The van der Waals surface area contributed by atoms with Crippen molar-refractivity contribution < 1.29 is 8.42 Å². The Bertz CT molecular complexity index is 848. The first-order valence-electron chi connectivity index (χ1n) is 8.21. The summed E-state index contributed by atoms with van der Waals surface area (Å²) in [5, 5.41) is 0. The summed E-state index contributed by atoms with van der Waals surface area (Å²) in [7, 11) is -3.63. The predicted octanol–water partition coefficient (Wildman–Crippen LogP) is 4.71. The van der Waals surface area contributed by atoms with Crippen LogP contribution in [0.4, 0.5) is 0 Å². The summed E-state index contributed by atoms with van der Waals surface area (Å²) < 4.78 is 29.0. The number of allylic oxidation sites excluding steroid dienone is 5. The van der Waals surface area contributed by atoms with E-state index in [4.69, 9.17) is 0 Å². The van der Waals surface area contributed by atoms with Crippen molar-refractivity contribution >= 4 is 10.0 Å². The molecular weight excluding hydrogens is 318 g/mol. The Balaban J connectivity index is 2.54. The van der Waals surface area contributed by atoms with E-state index in [9.17, 15) is 8.42 Å². The summed E-state index contributed by atoms with van der Waals surface area (Å²) >= 11 is 0. The molecule has 0 saturated heterocycles. The van der Waals surface area contributed by atoms with Crippen LogP contribution in [0.3, 0.4) is 0 Å². The van der Waals surface area contributed by atoms with Crippen LogP contribution in [0.5, 0.6) is 0 Å². The number of nitrogens with one attached hydrogen (secondary N) is 1. The minimum absolute atomic E-state index is 0.191. The molecule has 130 valence electrons. The summed E-state index contributed by atoms with van der Waals surface area (Å²) in [6, 6.07) is 3.82. The van der Waals surface area contributed by atoms with Crippen LogP contribution >= 0.6 is 0 Å². The number of hydrogen-bond acceptors (Lipinski definition) is 2. The van der Waals surface area contributed by atoms with Gasteiger partial charge in [0, 0.05) is 0 Å². The first kappa shape index (κ1) is 18.5. The summed E-state index contributed by atoms with van der Waals surface area (Å²) in [5.74, 6) is 0.191. The van der Waals surface area contributed by atoms with Gasteiger partial charge in [-0.25, -0.2) is 8.42 Å². The van der Waals surface area contributed by atoms with Gasteiger partial charge in [0.1, 0.15) is 0 Å². The molecule has 0 aromatic heterocycles. The molecule has 24 heavy (non-hydrogen) atoms. The number of sulfonamides is 1. The van der Waals surface area contributed by atoms with Gasteiger partial charge in [-0.3, -0.25) is 4.72 Å². The van der Waals surface area contributed by atoms with E-state index in [1.165, 1.54) is 0 Å². The van der Waals surface area contributed by atoms with Gasteiger partial charge in [0.15, 0.2) is 0 Å². The van der Waals surface area contributed by atoms with E-state index in [2.05, 4.69) is 17.7 Å². The molecule has 0 saturated carbocycles. The molecule has 2 rings (SSSR count). The fourth-order valence-electron chi connectivity index (χ4n) is 3.46. The first-order valence-corrected chi connectivity index (χ1v) is 9.69. The van der Waals surface area contributed by atoms with Crippen LogP contribution in [0.1, 0.15) is 44.4 Å². The average Bonchev–Trinajstić information content (AvgIpc) is 2.49. The van der Waals surface area contributed by atoms with Crippen LogP contribution in [-0.2, 0) is 10.0 Å². The average molecular weight is 346 g/mol. The van der Waals surface area contributed by atoms with Gasteiger partial charge < -0.3 is 0 Å². The Morgan fingerprint density at radius 1 is 0.958 bits per heavy atom. The number of benzene rings is 1. The second-order valence-electron chi connectivity index (χ2n) is 6.92. The molecule has 1 atom stereocenters. The Kier molecular flexibility index (Phi) is 5.09. The largest absolute Gasteiger partial charge is 0.279 e. The van der Waals surface area contributed by atoms with Crippen molar-refractivity contribution in [2.45, 2.75) is 53.4 Å². The lowest BCUT2D eigenvalue weighted by molar-refractivity contribution is 0.586. The molecule has 0 bridgehead atoms. The van der Waals surface area contributed by atoms with Crippen LogP contribution < -0.4 is 4.72 Å². The van der Waals surface area contributed by atoms with Crippen LogP contribution in [0, 0.1) is 26.7 Å². The highest BCUT2D eigenvalue weighted by molar-refractivity contribution is 7.89. The van der Waals surface area contributed by atoms with Gasteiger partial charge in [0.2, 0.25) is 0 Å². The van der Waals surface area contributed by atoms with Crippen LogP contribution in [-0.4, -0.2) is 8.42 Å². The van der Waals surface area contributed by atoms with E-state index in [0.717, 1.165) is 33.4 Å². The molecule has 3 nitrogen and oxygen atoms in total. The molecule has 1 N–H and O–H groups in total. The standard InChI is InChI=1S/C20H27NO2S/c1-12-8-14(3)18(7)19(15(4)9-12)21-24(22,23)20-16(5)10-13(2)11-17(20)6/h8-11,14,21H,1-7H3. The second kappa shape index (κ2) is 6.60. The summed E-state index contributed by atoms with van der Waals surface area (Å²) in [4.78, 5) is 0.378. The fourth-order valence-corrected chi connectivity index (χ4v) is 5.12. The molecule has 0 fully saturated rings. The van der Waals surface area contributed by atoms with Crippen LogP contribution in [0.2, 0.25) is 0 Å². The predicted molar refractivity (Wildman–Crippen MR) is 100 cm³/mol. The van der Waals surface area contributed by atoms with Crippen molar-refractivity contribution in [1.29, 1.82) is 0 Å². The van der Waals surface area contributed by atoms with E-state index >= 15 is 0 Å². The van der Waals surface area contributed by atoms with Gasteiger partial charge in [0.05, 0.1) is 10.6 Å². The van der Waals surface area contributed by atoms with Crippen LogP contribution in [0.25, 0.3) is 0 Å². The summed E-state index contributed by atoms with van der Waals surface area (Å²) in [6.07, 6.45) is 4.18. The maximum absolute atomic E-state index is 13.1. The summed E-state index contributed by atoms with van der Waals surface area (Å²) in [6.45, 7) is 13.7. The third kappa shape index (κ3) is 3.64. The highest BCUT2D eigenvalue weighted by Crippen LogP contribution is 2.29. The minimum Gasteiger partial charge on any atom is -0.279 e. The van der Waals surface area contributed by atoms with Gasteiger partial charge in [-0.05, 0) is 69.7 Å². The highest BCUT2D eigenvalue weighted by atomic mass is 32.2. The highest BCUT2D eigenvalue weighted by Gasteiger charge is 2.24. The van der Waals surface area contributed by atoms with Gasteiger partial charge in [-0.2, -0.15) is 0 Å². The van der Waals surface area contributed by atoms with Gasteiger partial charge >= 0.3 is 0 Å². The molecule has 0 heterocycles. The Morgan fingerprint density at radius 2 is 1.50 bits per heavy atom. The van der Waals surface area contributed by atoms with E-state index < -0.39 is 10.0 Å². The van der Waals surface area contributed by atoms with E-state index in [0.29, 0.717) is 10.6 Å². The Hall–Kier alpha value is -1.81. The van der Waals surface area contributed by atoms with Crippen molar-refractivity contribution in [1.82, 2.24) is 4.72 Å². The molecule has 1 aliphatic rings. The molecule has 1 aliphatic carbocycles. The molecule has 0 amide bonds. The lowest BCUT2D eigenvalue weighted by atomic mass is 9.99. The van der Waals surface area contributed by atoms with E-state index in [1.807, 2.05) is 59.8 Å². The van der Waals surface area contributed by atoms with Gasteiger partial charge in [0.25, 0.3) is 10.0 Å². The molecule has 1 unspecified atom stereocenters. The maximum atomic E-state index is 13.1. The first-order chi connectivity index (χ1) is 11.0. The lowest BCUT2D eigenvalue weighted by Gasteiger charge is -2.19. The van der Waals surface area contributed by atoms with Crippen molar-refractivity contribution in [3.05, 3.63) is 63.4 Å². The molecule has 1 aromatic rings. The lowest BCUT2D eigenvalue weighted by Crippen LogP contribution is -2.27. The number of rotatable bonds is 3. The quantitative estimate of drug-likeness (QED) is 0.862. The van der Waals surface area contributed by atoms with Gasteiger partial charge in [-0.15, -0.1) is 0 Å². The maximum Gasteiger partial charge on any atom is 0.262 e.